The minimum absolute atomic E-state index is 0.0140. The van der Waals surface area contributed by atoms with Gasteiger partial charge < -0.3 is 4.74 Å². The van der Waals surface area contributed by atoms with Crippen LogP contribution in [0.3, 0.4) is 0 Å². The highest BCUT2D eigenvalue weighted by atomic mass is 16.6. The van der Waals surface area contributed by atoms with Crippen LogP contribution in [0.5, 0.6) is 5.75 Å². The van der Waals surface area contributed by atoms with E-state index in [-0.39, 0.29) is 29.7 Å². The largest absolute Gasteiger partial charge is 0.497 e. The van der Waals surface area contributed by atoms with Crippen LogP contribution in [-0.4, -0.2) is 23.7 Å². The predicted molar refractivity (Wildman–Crippen MR) is 107 cm³/mol. The van der Waals surface area contributed by atoms with Gasteiger partial charge in [0.1, 0.15) is 5.75 Å². The predicted octanol–water partition coefficient (Wildman–Crippen LogP) is 4.13. The zero-order valence-corrected chi connectivity index (χ0v) is 16.0. The number of anilines is 1. The fourth-order valence-corrected chi connectivity index (χ4v) is 4.14. The van der Waals surface area contributed by atoms with Gasteiger partial charge in [-0.25, -0.2) is 0 Å². The third-order valence-corrected chi connectivity index (χ3v) is 5.51. The normalized spacial score (nSPS) is 19.2. The highest BCUT2D eigenvalue weighted by Gasteiger charge is 2.39. The zero-order chi connectivity index (χ0) is 20.5. The Morgan fingerprint density at radius 2 is 1.72 bits per heavy atom. The van der Waals surface area contributed by atoms with Crippen LogP contribution in [0.15, 0.2) is 59.8 Å². The summed E-state index contributed by atoms with van der Waals surface area (Å²) in [7, 11) is 1.58. The number of amides is 1. The Bertz CT molecular complexity index is 1010. The molecule has 7 heteroatoms. The summed E-state index contributed by atoms with van der Waals surface area (Å²) < 4.78 is 5.19. The molecule has 1 aliphatic heterocycles. The van der Waals surface area contributed by atoms with E-state index in [0.29, 0.717) is 36.3 Å². The first-order valence-electron chi connectivity index (χ1n) is 9.47. The molecule has 1 atom stereocenters. The highest BCUT2D eigenvalue weighted by Crippen LogP contribution is 2.43. The van der Waals surface area contributed by atoms with Crippen LogP contribution in [0.25, 0.3) is 0 Å². The molecule has 148 valence electrons. The van der Waals surface area contributed by atoms with Gasteiger partial charge in [0.2, 0.25) is 5.91 Å². The molecule has 4 rings (SSSR count). The number of carbonyl (C=O) groups excluding carboxylic acids is 2. The summed E-state index contributed by atoms with van der Waals surface area (Å²) in [5.41, 5.74) is 2.84. The summed E-state index contributed by atoms with van der Waals surface area (Å²) in [6, 6.07) is 13.3. The number of hydrogen-bond acceptors (Lipinski definition) is 5. The molecule has 0 radical (unpaired) electrons. The Morgan fingerprint density at radius 1 is 1.03 bits per heavy atom. The van der Waals surface area contributed by atoms with Crippen LogP contribution in [0, 0.1) is 10.1 Å². The topological polar surface area (TPSA) is 89.8 Å². The van der Waals surface area contributed by atoms with Crippen molar-refractivity contribution in [3.63, 3.8) is 0 Å². The minimum atomic E-state index is -0.461. The van der Waals surface area contributed by atoms with E-state index in [4.69, 9.17) is 4.74 Å². The number of ketones is 1. The maximum absolute atomic E-state index is 13.1. The number of methoxy groups -OCH3 is 1. The Kier molecular flexibility index (Phi) is 4.88. The molecule has 0 fully saturated rings. The third kappa shape index (κ3) is 3.40. The number of non-ortho nitro benzene ring substituents is 1. The second-order valence-corrected chi connectivity index (χ2v) is 7.17. The first-order valence-corrected chi connectivity index (χ1v) is 9.47. The molecule has 29 heavy (non-hydrogen) atoms. The van der Waals surface area contributed by atoms with Crippen LogP contribution in [0.2, 0.25) is 0 Å². The van der Waals surface area contributed by atoms with Crippen molar-refractivity contribution in [1.29, 1.82) is 0 Å². The number of benzene rings is 2. The number of carbonyl (C=O) groups is 2. The molecule has 0 spiro atoms. The molecule has 1 heterocycles. The first-order chi connectivity index (χ1) is 14.0. The SMILES string of the molecule is COc1ccc(N2C(=O)C[C@H](c3ccc([N+](=O)[O-])cc3)C3=C2CCCC3=O)cc1. The quantitative estimate of drug-likeness (QED) is 0.576. The Balaban J connectivity index is 1.78. The van der Waals surface area contributed by atoms with E-state index in [9.17, 15) is 19.7 Å². The van der Waals surface area contributed by atoms with Crippen molar-refractivity contribution in [2.45, 2.75) is 31.6 Å². The molecule has 0 saturated heterocycles. The molecule has 1 aliphatic carbocycles. The molecule has 7 nitrogen and oxygen atoms in total. The standard InChI is InChI=1S/C22H20N2O5/c1-29-17-11-9-15(10-12-17)23-19-3-2-4-20(25)22(19)18(13-21(23)26)14-5-7-16(8-6-14)24(27)28/h5-12,18H,2-4,13H2,1H3/t18-/m1/s1. The lowest BCUT2D eigenvalue weighted by Gasteiger charge is -2.38. The van der Waals surface area contributed by atoms with Gasteiger partial charge in [-0.2, -0.15) is 0 Å². The fourth-order valence-electron chi connectivity index (χ4n) is 4.14. The number of hydrogen-bond donors (Lipinski definition) is 0. The van der Waals surface area contributed by atoms with Crippen LogP contribution in [-0.2, 0) is 9.59 Å². The summed E-state index contributed by atoms with van der Waals surface area (Å²) in [6.45, 7) is 0. The maximum Gasteiger partial charge on any atom is 0.269 e. The van der Waals surface area contributed by atoms with Crippen LogP contribution < -0.4 is 9.64 Å². The second-order valence-electron chi connectivity index (χ2n) is 7.17. The summed E-state index contributed by atoms with van der Waals surface area (Å²) in [5.74, 6) is 0.268. The van der Waals surface area contributed by atoms with E-state index in [1.165, 1.54) is 12.1 Å². The molecule has 2 aromatic carbocycles. The summed E-state index contributed by atoms with van der Waals surface area (Å²) in [6.07, 6.45) is 1.94. The summed E-state index contributed by atoms with van der Waals surface area (Å²) in [4.78, 5) is 38.1. The number of ether oxygens (including phenoxy) is 1. The molecule has 2 aliphatic rings. The van der Waals surface area contributed by atoms with Gasteiger partial charge in [-0.3, -0.25) is 24.6 Å². The van der Waals surface area contributed by atoms with Gasteiger partial charge in [0.05, 0.1) is 12.0 Å². The lowest BCUT2D eigenvalue weighted by molar-refractivity contribution is -0.384. The smallest absolute Gasteiger partial charge is 0.269 e. The van der Waals surface area contributed by atoms with Crippen molar-refractivity contribution in [1.82, 2.24) is 0 Å². The van der Waals surface area contributed by atoms with E-state index in [1.54, 1.807) is 36.3 Å². The van der Waals surface area contributed by atoms with Crippen molar-refractivity contribution in [2.24, 2.45) is 0 Å². The van der Waals surface area contributed by atoms with Crippen LogP contribution in [0.4, 0.5) is 11.4 Å². The van der Waals surface area contributed by atoms with E-state index in [0.717, 1.165) is 11.3 Å². The molecular weight excluding hydrogens is 372 g/mol. The van der Waals surface area contributed by atoms with Crippen molar-refractivity contribution in [3.05, 3.63) is 75.5 Å². The lowest BCUT2D eigenvalue weighted by Crippen LogP contribution is -2.40. The fraction of sp³-hybridized carbons (Fsp3) is 0.273. The van der Waals surface area contributed by atoms with Crippen molar-refractivity contribution in [2.75, 3.05) is 12.0 Å². The molecule has 0 aromatic heterocycles. The van der Waals surface area contributed by atoms with Gasteiger partial charge in [-0.15, -0.1) is 0 Å². The number of rotatable bonds is 4. The molecular formula is C22H20N2O5. The lowest BCUT2D eigenvalue weighted by atomic mass is 9.77. The van der Waals surface area contributed by atoms with Crippen LogP contribution >= 0.6 is 0 Å². The van der Waals surface area contributed by atoms with Crippen molar-refractivity contribution in [3.8, 4) is 5.75 Å². The average Bonchev–Trinajstić information content (AvgIpc) is 2.73. The van der Waals surface area contributed by atoms with E-state index in [2.05, 4.69) is 0 Å². The zero-order valence-electron chi connectivity index (χ0n) is 16.0. The van der Waals surface area contributed by atoms with Crippen molar-refractivity contribution >= 4 is 23.1 Å². The third-order valence-electron chi connectivity index (χ3n) is 5.51. The van der Waals surface area contributed by atoms with E-state index < -0.39 is 4.92 Å². The molecule has 2 aromatic rings. The van der Waals surface area contributed by atoms with Gasteiger partial charge >= 0.3 is 0 Å². The average molecular weight is 392 g/mol. The number of nitrogens with zero attached hydrogens (tertiary/aromatic N) is 2. The highest BCUT2D eigenvalue weighted by molar-refractivity contribution is 6.07. The molecule has 0 unspecified atom stereocenters. The monoisotopic (exact) mass is 392 g/mol. The molecule has 1 amide bonds. The Hall–Kier alpha value is -3.48. The Labute approximate surface area is 167 Å². The van der Waals surface area contributed by atoms with Gasteiger partial charge in [-0.05, 0) is 42.7 Å². The van der Waals surface area contributed by atoms with Crippen LogP contribution in [0.1, 0.15) is 37.2 Å². The van der Waals surface area contributed by atoms with E-state index >= 15 is 0 Å². The second kappa shape index (κ2) is 7.50. The van der Waals surface area contributed by atoms with Gasteiger partial charge in [-0.1, -0.05) is 12.1 Å². The summed E-state index contributed by atoms with van der Waals surface area (Å²) >= 11 is 0. The molecule has 0 saturated carbocycles. The van der Waals surface area contributed by atoms with Crippen molar-refractivity contribution < 1.29 is 19.2 Å². The number of Topliss-reactive ketones (excluding diaryl/α,β-unsaturated/α-hetero) is 1. The number of allylic oxidation sites excluding steroid dienone is 2. The van der Waals surface area contributed by atoms with Gasteiger partial charge in [0.25, 0.3) is 5.69 Å². The number of nitro benzene ring substituents is 1. The van der Waals surface area contributed by atoms with Gasteiger partial charge in [0.15, 0.2) is 5.78 Å². The minimum Gasteiger partial charge on any atom is -0.497 e. The summed E-state index contributed by atoms with van der Waals surface area (Å²) in [5, 5.41) is 10.9. The van der Waals surface area contributed by atoms with Gasteiger partial charge in [0, 0.05) is 47.8 Å². The Morgan fingerprint density at radius 3 is 2.34 bits per heavy atom. The molecule has 0 bridgehead atoms. The first kappa shape index (κ1) is 18.9. The maximum atomic E-state index is 13.1. The number of nitro groups is 1. The van der Waals surface area contributed by atoms with E-state index in [1.807, 2.05) is 12.1 Å². The molecule has 0 N–H and O–H groups in total.